The molecule has 1 unspecified atom stereocenters. The minimum Gasteiger partial charge on any atom is -0.374 e. The summed E-state index contributed by atoms with van der Waals surface area (Å²) >= 11 is 0. The van der Waals surface area contributed by atoms with Crippen molar-refractivity contribution in [2.75, 3.05) is 0 Å². The van der Waals surface area contributed by atoms with Gasteiger partial charge in [0.1, 0.15) is 5.82 Å². The maximum absolute atomic E-state index is 14.1. The molecule has 2 aromatic rings. The van der Waals surface area contributed by atoms with Crippen molar-refractivity contribution in [3.63, 3.8) is 0 Å². The van der Waals surface area contributed by atoms with Gasteiger partial charge < -0.3 is 5.11 Å². The van der Waals surface area contributed by atoms with Crippen molar-refractivity contribution in [1.82, 2.24) is 0 Å². The normalized spacial score (nSPS) is 14.8. The molecular weight excluding hydrogens is 356 g/mol. The van der Waals surface area contributed by atoms with Gasteiger partial charge in [-0.05, 0) is 35.4 Å². The first-order valence-corrected chi connectivity index (χ1v) is 6.59. The van der Waals surface area contributed by atoms with E-state index in [-0.39, 0.29) is 0 Å². The number of nitro benzene ring substituents is 1. The van der Waals surface area contributed by atoms with Gasteiger partial charge in [0.05, 0.1) is 4.92 Å². The van der Waals surface area contributed by atoms with Gasteiger partial charge >= 0.3 is 12.1 Å². The van der Waals surface area contributed by atoms with Gasteiger partial charge in [0.15, 0.2) is 5.60 Å². The first kappa shape index (κ1) is 18.7. The molecule has 0 fully saturated rings. The SMILES string of the molecule is O=[N+]([O-])c1ccc(C(O)(c2cccc(F)c2)C(F)(F)C(F)(F)F)cc1. The van der Waals surface area contributed by atoms with Crippen molar-refractivity contribution in [2.24, 2.45) is 0 Å². The van der Waals surface area contributed by atoms with Crippen molar-refractivity contribution in [2.45, 2.75) is 17.7 Å². The van der Waals surface area contributed by atoms with Crippen LogP contribution in [0.2, 0.25) is 0 Å². The predicted molar refractivity (Wildman–Crippen MR) is 73.5 cm³/mol. The Labute approximate surface area is 136 Å². The molecule has 0 amide bonds. The van der Waals surface area contributed by atoms with Crippen LogP contribution in [0.5, 0.6) is 0 Å². The Morgan fingerprint density at radius 3 is 1.92 bits per heavy atom. The fourth-order valence-electron chi connectivity index (χ4n) is 2.27. The van der Waals surface area contributed by atoms with E-state index in [0.29, 0.717) is 36.4 Å². The van der Waals surface area contributed by atoms with Crippen LogP contribution in [0.15, 0.2) is 48.5 Å². The lowest BCUT2D eigenvalue weighted by Crippen LogP contribution is -2.55. The quantitative estimate of drug-likeness (QED) is 0.503. The number of hydrogen-bond acceptors (Lipinski definition) is 3. The van der Waals surface area contributed by atoms with Crippen LogP contribution in [0.25, 0.3) is 0 Å². The van der Waals surface area contributed by atoms with Crippen molar-refractivity contribution in [3.8, 4) is 0 Å². The summed E-state index contributed by atoms with van der Waals surface area (Å²) in [4.78, 5) is 9.70. The molecule has 0 heterocycles. The number of rotatable bonds is 4. The number of non-ortho nitro benzene ring substituents is 1. The Kier molecular flexibility index (Phi) is 4.51. The maximum Gasteiger partial charge on any atom is 0.457 e. The molecule has 0 bridgehead atoms. The number of hydrogen-bond donors (Lipinski definition) is 1. The second-order valence-corrected chi connectivity index (χ2v) is 5.10. The average Bonchev–Trinajstić information content (AvgIpc) is 2.53. The topological polar surface area (TPSA) is 63.4 Å². The molecular formula is C15H9F6NO3. The van der Waals surface area contributed by atoms with Crippen LogP contribution in [0.1, 0.15) is 11.1 Å². The summed E-state index contributed by atoms with van der Waals surface area (Å²) in [5.41, 5.74) is -6.60. The van der Waals surface area contributed by atoms with Crippen LogP contribution in [-0.4, -0.2) is 22.1 Å². The van der Waals surface area contributed by atoms with E-state index in [1.807, 2.05) is 0 Å². The Balaban J connectivity index is 2.75. The van der Waals surface area contributed by atoms with Gasteiger partial charge in [-0.2, -0.15) is 22.0 Å². The molecule has 0 spiro atoms. The lowest BCUT2D eigenvalue weighted by atomic mass is 9.80. The number of benzene rings is 2. The third-order valence-electron chi connectivity index (χ3n) is 3.55. The lowest BCUT2D eigenvalue weighted by molar-refractivity contribution is -0.384. The van der Waals surface area contributed by atoms with Crippen molar-refractivity contribution in [3.05, 3.63) is 75.6 Å². The molecule has 2 rings (SSSR count). The van der Waals surface area contributed by atoms with E-state index in [9.17, 15) is 41.6 Å². The first-order chi connectivity index (χ1) is 11.4. The summed E-state index contributed by atoms with van der Waals surface area (Å²) in [6.45, 7) is 0. The number of nitro groups is 1. The molecule has 0 aliphatic rings. The monoisotopic (exact) mass is 365 g/mol. The highest BCUT2D eigenvalue weighted by Crippen LogP contribution is 2.51. The fourth-order valence-corrected chi connectivity index (χ4v) is 2.27. The highest BCUT2D eigenvalue weighted by atomic mass is 19.4. The summed E-state index contributed by atoms with van der Waals surface area (Å²) in [5, 5.41) is 21.0. The summed E-state index contributed by atoms with van der Waals surface area (Å²) in [6.07, 6.45) is -6.17. The third kappa shape index (κ3) is 3.04. The Hall–Kier alpha value is -2.62. The van der Waals surface area contributed by atoms with Gasteiger partial charge in [-0.25, -0.2) is 4.39 Å². The summed E-state index contributed by atoms with van der Waals surface area (Å²) in [6, 6.07) is 5.12. The Bertz CT molecular complexity index is 791. The van der Waals surface area contributed by atoms with E-state index in [1.165, 1.54) is 0 Å². The molecule has 0 aromatic heterocycles. The minimum atomic E-state index is -6.17. The molecule has 1 atom stereocenters. The molecule has 4 nitrogen and oxygen atoms in total. The van der Waals surface area contributed by atoms with Gasteiger partial charge in [-0.1, -0.05) is 12.1 Å². The third-order valence-corrected chi connectivity index (χ3v) is 3.55. The standard InChI is InChI=1S/C15H9F6NO3/c16-11-3-1-2-10(8-11)13(23,14(17,18)15(19,20)21)9-4-6-12(7-5-9)22(24)25/h1-8,23H. The van der Waals surface area contributed by atoms with Crippen LogP contribution < -0.4 is 0 Å². The summed E-state index contributed by atoms with van der Waals surface area (Å²) in [5.74, 6) is -6.85. The zero-order chi connectivity index (χ0) is 19.0. The molecule has 1 N–H and O–H groups in total. The van der Waals surface area contributed by atoms with Crippen LogP contribution in [0, 0.1) is 15.9 Å². The molecule has 0 aliphatic heterocycles. The average molecular weight is 365 g/mol. The molecule has 0 radical (unpaired) electrons. The summed E-state index contributed by atoms with van der Waals surface area (Å²) in [7, 11) is 0. The van der Waals surface area contributed by atoms with Gasteiger partial charge in [0.2, 0.25) is 0 Å². The Morgan fingerprint density at radius 1 is 0.920 bits per heavy atom. The molecule has 2 aromatic carbocycles. The Morgan fingerprint density at radius 2 is 1.48 bits per heavy atom. The van der Waals surface area contributed by atoms with Crippen LogP contribution in [0.3, 0.4) is 0 Å². The van der Waals surface area contributed by atoms with Crippen LogP contribution in [-0.2, 0) is 5.60 Å². The first-order valence-electron chi connectivity index (χ1n) is 6.59. The van der Waals surface area contributed by atoms with E-state index in [4.69, 9.17) is 0 Å². The van der Waals surface area contributed by atoms with Crippen LogP contribution in [0.4, 0.5) is 32.0 Å². The van der Waals surface area contributed by atoms with E-state index in [0.717, 1.165) is 12.1 Å². The van der Waals surface area contributed by atoms with Crippen molar-refractivity contribution < 1.29 is 36.4 Å². The van der Waals surface area contributed by atoms with Crippen molar-refractivity contribution >= 4 is 5.69 Å². The number of halogens is 6. The highest BCUT2D eigenvalue weighted by Gasteiger charge is 2.71. The second-order valence-electron chi connectivity index (χ2n) is 5.10. The van der Waals surface area contributed by atoms with Crippen LogP contribution >= 0.6 is 0 Å². The maximum atomic E-state index is 14.1. The minimum absolute atomic E-state index is 0.334. The number of nitrogens with zero attached hydrogens (tertiary/aromatic N) is 1. The van der Waals surface area contributed by atoms with Gasteiger partial charge in [-0.15, -0.1) is 0 Å². The smallest absolute Gasteiger partial charge is 0.374 e. The van der Waals surface area contributed by atoms with E-state index in [1.54, 1.807) is 0 Å². The zero-order valence-corrected chi connectivity index (χ0v) is 12.1. The van der Waals surface area contributed by atoms with Crippen molar-refractivity contribution in [1.29, 1.82) is 0 Å². The lowest BCUT2D eigenvalue weighted by Gasteiger charge is -2.37. The van der Waals surface area contributed by atoms with Gasteiger partial charge in [0, 0.05) is 12.1 Å². The molecule has 0 saturated carbocycles. The van der Waals surface area contributed by atoms with E-state index in [2.05, 4.69) is 0 Å². The molecule has 25 heavy (non-hydrogen) atoms. The second kappa shape index (κ2) is 6.03. The summed E-state index contributed by atoms with van der Waals surface area (Å²) < 4.78 is 80.3. The number of alkyl halides is 5. The van der Waals surface area contributed by atoms with Gasteiger partial charge in [-0.3, -0.25) is 10.1 Å². The molecule has 10 heteroatoms. The fraction of sp³-hybridized carbons (Fsp3) is 0.200. The van der Waals surface area contributed by atoms with E-state index >= 15 is 0 Å². The molecule has 0 saturated heterocycles. The number of aliphatic hydroxyl groups is 1. The largest absolute Gasteiger partial charge is 0.457 e. The highest BCUT2D eigenvalue weighted by molar-refractivity contribution is 5.43. The van der Waals surface area contributed by atoms with E-state index < -0.39 is 45.3 Å². The molecule has 0 aliphatic carbocycles. The molecule has 134 valence electrons. The predicted octanol–water partition coefficient (Wildman–Crippen LogP) is 4.17. The van der Waals surface area contributed by atoms with Gasteiger partial charge in [0.25, 0.3) is 5.69 Å². The zero-order valence-electron chi connectivity index (χ0n) is 12.1.